The minimum atomic E-state index is 0.443. The first-order valence-electron chi connectivity index (χ1n) is 5.55. The number of benzene rings is 1. The monoisotopic (exact) mass is 187 g/mol. The molecule has 1 atom stereocenters. The number of hydrogen-bond acceptors (Lipinski definition) is 1. The maximum absolute atomic E-state index is 4.67. The van der Waals surface area contributed by atoms with E-state index in [2.05, 4.69) is 42.3 Å². The van der Waals surface area contributed by atoms with Crippen molar-refractivity contribution in [2.75, 3.05) is 0 Å². The molecule has 1 aliphatic heterocycles. The summed E-state index contributed by atoms with van der Waals surface area (Å²) in [6.45, 7) is 2.24. The molecule has 0 bridgehead atoms. The zero-order valence-electron chi connectivity index (χ0n) is 8.74. The van der Waals surface area contributed by atoms with Crippen molar-refractivity contribution in [1.29, 1.82) is 0 Å². The number of nitrogens with zero attached hydrogens (tertiary/aromatic N) is 1. The third-order valence-corrected chi connectivity index (χ3v) is 2.72. The van der Waals surface area contributed by atoms with Crippen LogP contribution in [0, 0.1) is 0 Å². The van der Waals surface area contributed by atoms with Crippen molar-refractivity contribution >= 4 is 6.08 Å². The van der Waals surface area contributed by atoms with Gasteiger partial charge in [-0.2, -0.15) is 0 Å². The maximum Gasteiger partial charge on any atom is 0.0696 e. The highest BCUT2D eigenvalue weighted by Crippen LogP contribution is 2.08. The van der Waals surface area contributed by atoms with Gasteiger partial charge < -0.3 is 0 Å². The lowest BCUT2D eigenvalue weighted by Crippen LogP contribution is -2.19. The lowest BCUT2D eigenvalue weighted by Gasteiger charge is -2.02. The molecular weight excluding hydrogens is 170 g/mol. The van der Waals surface area contributed by atoms with Gasteiger partial charge in [-0.1, -0.05) is 50.5 Å². The van der Waals surface area contributed by atoms with Gasteiger partial charge >= 0.3 is 0 Å². The van der Waals surface area contributed by atoms with Crippen LogP contribution in [0.2, 0.25) is 0 Å². The van der Waals surface area contributed by atoms with Crippen LogP contribution in [0.1, 0.15) is 32.6 Å². The molecule has 0 N–H and O–H groups in total. The van der Waals surface area contributed by atoms with Crippen LogP contribution >= 0.6 is 0 Å². The van der Waals surface area contributed by atoms with Crippen LogP contribution in [0.15, 0.2) is 29.3 Å². The van der Waals surface area contributed by atoms with Gasteiger partial charge in [0.05, 0.1) is 11.4 Å². The average Bonchev–Trinajstić information content (AvgIpc) is 2.60. The first-order valence-corrected chi connectivity index (χ1v) is 5.55. The third-order valence-electron chi connectivity index (χ3n) is 2.72. The van der Waals surface area contributed by atoms with Gasteiger partial charge in [0.25, 0.3) is 0 Å². The molecule has 0 radical (unpaired) electrons. The van der Waals surface area contributed by atoms with E-state index in [-0.39, 0.29) is 0 Å². The molecule has 74 valence electrons. The minimum Gasteiger partial charge on any atom is -0.277 e. The second kappa shape index (κ2) is 4.41. The number of hydrogen-bond donors (Lipinski definition) is 0. The zero-order valence-corrected chi connectivity index (χ0v) is 8.74. The summed E-state index contributed by atoms with van der Waals surface area (Å²) < 4.78 is 0. The summed E-state index contributed by atoms with van der Waals surface area (Å²) in [5.74, 6) is 0. The molecule has 0 saturated carbocycles. The Morgan fingerprint density at radius 2 is 2.07 bits per heavy atom. The maximum atomic E-state index is 4.67. The largest absolute Gasteiger partial charge is 0.277 e. The topological polar surface area (TPSA) is 12.4 Å². The van der Waals surface area contributed by atoms with Gasteiger partial charge in [-0.15, -0.1) is 0 Å². The van der Waals surface area contributed by atoms with E-state index < -0.39 is 0 Å². The second-order valence-corrected chi connectivity index (χ2v) is 3.92. The number of para-hydroxylation sites is 1. The van der Waals surface area contributed by atoms with Gasteiger partial charge in [0.2, 0.25) is 0 Å². The van der Waals surface area contributed by atoms with Gasteiger partial charge in [0.1, 0.15) is 0 Å². The quantitative estimate of drug-likeness (QED) is 0.640. The first kappa shape index (κ1) is 9.45. The molecule has 1 unspecified atom stereocenters. The van der Waals surface area contributed by atoms with Crippen LogP contribution < -0.4 is 10.6 Å². The fraction of sp³-hybridized carbons (Fsp3) is 0.462. The van der Waals surface area contributed by atoms with Crippen molar-refractivity contribution in [2.45, 2.75) is 38.6 Å². The van der Waals surface area contributed by atoms with Crippen molar-refractivity contribution in [3.63, 3.8) is 0 Å². The van der Waals surface area contributed by atoms with Gasteiger partial charge in [0.15, 0.2) is 0 Å². The number of unbranched alkanes of at least 4 members (excludes halogenated alkanes) is 2. The Hall–Kier alpha value is -1.11. The summed E-state index contributed by atoms with van der Waals surface area (Å²) >= 11 is 0. The van der Waals surface area contributed by atoms with E-state index >= 15 is 0 Å². The molecule has 1 aromatic rings. The van der Waals surface area contributed by atoms with Crippen LogP contribution in [-0.4, -0.2) is 6.04 Å². The molecule has 1 aliphatic rings. The standard InChI is InChI=1S/C13H17N/c1-2-3-4-8-12-10-11-7-5-6-9-13(11)14-12/h5-7,9-10,12H,2-4,8H2,1H3. The lowest BCUT2D eigenvalue weighted by molar-refractivity contribution is 0.635. The van der Waals surface area contributed by atoms with Crippen LogP contribution in [0.4, 0.5) is 0 Å². The molecule has 2 rings (SSSR count). The van der Waals surface area contributed by atoms with E-state index in [0.29, 0.717) is 6.04 Å². The van der Waals surface area contributed by atoms with E-state index in [0.717, 1.165) is 0 Å². The van der Waals surface area contributed by atoms with Gasteiger partial charge in [-0.3, -0.25) is 4.99 Å². The SMILES string of the molecule is CCCCCC1C=c2ccccc2=N1. The molecule has 1 nitrogen and oxygen atoms in total. The normalized spacial score (nSPS) is 18.5. The fourth-order valence-electron chi connectivity index (χ4n) is 1.92. The summed E-state index contributed by atoms with van der Waals surface area (Å²) in [5, 5.41) is 2.49. The van der Waals surface area contributed by atoms with E-state index in [9.17, 15) is 0 Å². The Bertz CT molecular complexity index is 370. The van der Waals surface area contributed by atoms with Crippen LogP contribution in [0.5, 0.6) is 0 Å². The molecular formula is C13H17N. The Morgan fingerprint density at radius 1 is 1.21 bits per heavy atom. The molecule has 0 spiro atoms. The molecule has 0 aromatic heterocycles. The molecule has 1 heterocycles. The second-order valence-electron chi connectivity index (χ2n) is 3.92. The summed E-state index contributed by atoms with van der Waals surface area (Å²) in [5.41, 5.74) is 0. The predicted octanol–water partition coefficient (Wildman–Crippen LogP) is 2.05. The van der Waals surface area contributed by atoms with Crippen molar-refractivity contribution in [2.24, 2.45) is 4.99 Å². The molecule has 0 aliphatic carbocycles. The lowest BCUT2D eigenvalue weighted by atomic mass is 10.1. The first-order chi connectivity index (χ1) is 6.90. The summed E-state index contributed by atoms with van der Waals surface area (Å²) in [4.78, 5) is 4.67. The molecule has 1 heteroatoms. The van der Waals surface area contributed by atoms with Gasteiger partial charge in [-0.25, -0.2) is 0 Å². The summed E-state index contributed by atoms with van der Waals surface area (Å²) in [7, 11) is 0. The fourth-order valence-corrected chi connectivity index (χ4v) is 1.92. The Labute approximate surface area is 85.2 Å². The zero-order chi connectivity index (χ0) is 9.80. The predicted molar refractivity (Wildman–Crippen MR) is 59.6 cm³/mol. The Kier molecular flexibility index (Phi) is 2.97. The van der Waals surface area contributed by atoms with E-state index in [1.54, 1.807) is 0 Å². The molecule has 0 fully saturated rings. The Morgan fingerprint density at radius 3 is 2.86 bits per heavy atom. The Balaban J connectivity index is 2.04. The minimum absolute atomic E-state index is 0.443. The van der Waals surface area contributed by atoms with E-state index in [1.165, 1.54) is 36.3 Å². The number of rotatable bonds is 4. The summed E-state index contributed by atoms with van der Waals surface area (Å²) in [6, 6.07) is 8.84. The highest BCUT2D eigenvalue weighted by molar-refractivity contribution is 5.34. The third kappa shape index (κ3) is 2.03. The van der Waals surface area contributed by atoms with Gasteiger partial charge in [0, 0.05) is 0 Å². The molecule has 1 aromatic carbocycles. The van der Waals surface area contributed by atoms with E-state index in [4.69, 9.17) is 0 Å². The van der Waals surface area contributed by atoms with Gasteiger partial charge in [-0.05, 0) is 17.7 Å². The number of fused-ring (bicyclic) bond motifs is 1. The van der Waals surface area contributed by atoms with E-state index in [1.807, 2.05) is 0 Å². The van der Waals surface area contributed by atoms with Crippen LogP contribution in [0.25, 0.3) is 6.08 Å². The summed E-state index contributed by atoms with van der Waals surface area (Å²) in [6.07, 6.45) is 7.43. The van der Waals surface area contributed by atoms with Crippen molar-refractivity contribution in [1.82, 2.24) is 0 Å². The average molecular weight is 187 g/mol. The van der Waals surface area contributed by atoms with Crippen LogP contribution in [-0.2, 0) is 0 Å². The highest BCUT2D eigenvalue weighted by Gasteiger charge is 2.06. The van der Waals surface area contributed by atoms with Crippen molar-refractivity contribution in [3.8, 4) is 0 Å². The highest BCUT2D eigenvalue weighted by atomic mass is 14.8. The smallest absolute Gasteiger partial charge is 0.0696 e. The molecule has 0 saturated heterocycles. The molecule has 0 amide bonds. The van der Waals surface area contributed by atoms with Crippen molar-refractivity contribution in [3.05, 3.63) is 34.8 Å². The van der Waals surface area contributed by atoms with Crippen LogP contribution in [0.3, 0.4) is 0 Å². The van der Waals surface area contributed by atoms with Crippen molar-refractivity contribution < 1.29 is 0 Å². The molecule has 14 heavy (non-hydrogen) atoms.